The highest BCUT2D eigenvalue weighted by Crippen LogP contribution is 2.20. The zero-order chi connectivity index (χ0) is 13.4. The van der Waals surface area contributed by atoms with Crippen LogP contribution in [0.2, 0.25) is 0 Å². The monoisotopic (exact) mass is 254 g/mol. The second-order valence-electron chi connectivity index (χ2n) is 5.06. The molecule has 2 saturated heterocycles. The van der Waals surface area contributed by atoms with E-state index in [1.165, 1.54) is 45.2 Å². The Balaban J connectivity index is 0.000000771. The second kappa shape index (κ2) is 8.52. The molecule has 0 aromatic heterocycles. The van der Waals surface area contributed by atoms with E-state index in [0.717, 1.165) is 19.1 Å². The third-order valence-electron chi connectivity index (χ3n) is 4.03. The van der Waals surface area contributed by atoms with E-state index in [0.29, 0.717) is 12.3 Å². The van der Waals surface area contributed by atoms with Crippen molar-refractivity contribution in [1.82, 2.24) is 9.80 Å². The van der Waals surface area contributed by atoms with Gasteiger partial charge in [-0.25, -0.2) is 0 Å². The summed E-state index contributed by atoms with van der Waals surface area (Å²) in [6.07, 6.45) is 7.18. The molecule has 0 N–H and O–H groups in total. The number of carbonyl (C=O) groups is 1. The highest BCUT2D eigenvalue weighted by Gasteiger charge is 2.26. The van der Waals surface area contributed by atoms with E-state index in [1.54, 1.807) is 0 Å². The quantitative estimate of drug-likeness (QED) is 0.756. The Bertz CT molecular complexity index is 229. The van der Waals surface area contributed by atoms with Crippen molar-refractivity contribution in [2.75, 3.05) is 26.2 Å². The summed E-state index contributed by atoms with van der Waals surface area (Å²) in [6, 6.07) is 0.751. The van der Waals surface area contributed by atoms with Gasteiger partial charge in [-0.1, -0.05) is 27.2 Å². The van der Waals surface area contributed by atoms with Gasteiger partial charge in [0.1, 0.15) is 0 Å². The third-order valence-corrected chi connectivity index (χ3v) is 4.03. The second-order valence-corrected chi connectivity index (χ2v) is 5.06. The van der Waals surface area contributed by atoms with Gasteiger partial charge in [0.2, 0.25) is 5.91 Å². The molecule has 0 bridgehead atoms. The van der Waals surface area contributed by atoms with Crippen LogP contribution in [0.3, 0.4) is 0 Å². The fourth-order valence-electron chi connectivity index (χ4n) is 2.99. The molecule has 0 aromatic carbocycles. The Morgan fingerprint density at radius 1 is 1.00 bits per heavy atom. The molecule has 0 radical (unpaired) electrons. The summed E-state index contributed by atoms with van der Waals surface area (Å²) in [5, 5.41) is 0. The van der Waals surface area contributed by atoms with Gasteiger partial charge in [0.05, 0.1) is 0 Å². The van der Waals surface area contributed by atoms with Crippen molar-refractivity contribution in [3.63, 3.8) is 0 Å². The molecule has 2 rings (SSSR count). The average molecular weight is 254 g/mol. The fourth-order valence-corrected chi connectivity index (χ4v) is 2.99. The predicted molar refractivity (Wildman–Crippen MR) is 76.7 cm³/mol. The topological polar surface area (TPSA) is 23.6 Å². The van der Waals surface area contributed by atoms with E-state index in [2.05, 4.69) is 4.90 Å². The van der Waals surface area contributed by atoms with Crippen molar-refractivity contribution in [1.29, 1.82) is 0 Å². The Hall–Kier alpha value is -0.570. The highest BCUT2D eigenvalue weighted by atomic mass is 16.2. The summed E-state index contributed by atoms with van der Waals surface area (Å²) in [7, 11) is 0. The third kappa shape index (κ3) is 4.27. The maximum absolute atomic E-state index is 11.6. The number of likely N-dealkylation sites (tertiary alicyclic amines) is 2. The lowest BCUT2D eigenvalue weighted by atomic mass is 10.00. The number of amides is 1. The van der Waals surface area contributed by atoms with Crippen molar-refractivity contribution in [2.24, 2.45) is 0 Å². The van der Waals surface area contributed by atoms with Gasteiger partial charge >= 0.3 is 0 Å². The Morgan fingerprint density at radius 2 is 1.56 bits per heavy atom. The molecule has 0 saturated carbocycles. The molecular formula is C15H30N2O. The number of rotatable bonds is 2. The van der Waals surface area contributed by atoms with Crippen molar-refractivity contribution in [3.8, 4) is 0 Å². The van der Waals surface area contributed by atoms with E-state index in [9.17, 15) is 4.79 Å². The van der Waals surface area contributed by atoms with Gasteiger partial charge in [0.15, 0.2) is 0 Å². The summed E-state index contributed by atoms with van der Waals surface area (Å²) in [5.74, 6) is 0.331. The van der Waals surface area contributed by atoms with Crippen LogP contribution < -0.4 is 0 Å². The van der Waals surface area contributed by atoms with Crippen LogP contribution in [0, 0.1) is 0 Å². The summed E-state index contributed by atoms with van der Waals surface area (Å²) >= 11 is 0. The van der Waals surface area contributed by atoms with Crippen LogP contribution in [0.4, 0.5) is 0 Å². The first-order chi connectivity index (χ1) is 8.81. The van der Waals surface area contributed by atoms with Gasteiger partial charge in [-0.2, -0.15) is 0 Å². The number of hydrogen-bond donors (Lipinski definition) is 0. The minimum absolute atomic E-state index is 0.331. The maximum Gasteiger partial charge on any atom is 0.222 e. The van der Waals surface area contributed by atoms with E-state index < -0.39 is 0 Å². The number of nitrogens with zero attached hydrogens (tertiary/aromatic N) is 2. The van der Waals surface area contributed by atoms with Crippen molar-refractivity contribution >= 4 is 5.91 Å². The van der Waals surface area contributed by atoms with Gasteiger partial charge in [0, 0.05) is 25.6 Å². The van der Waals surface area contributed by atoms with Gasteiger partial charge in [-0.15, -0.1) is 0 Å². The molecule has 0 aromatic rings. The molecule has 3 nitrogen and oxygen atoms in total. The van der Waals surface area contributed by atoms with Crippen molar-refractivity contribution < 1.29 is 4.79 Å². The standard InChI is InChI=1S/C13H24N2O.C2H6/c1-2-13(16)15-10-6-12(7-11-15)14-8-4-3-5-9-14;1-2/h12H,2-11H2,1H3;1-2H3. The first-order valence-corrected chi connectivity index (χ1v) is 7.83. The molecule has 3 heteroatoms. The largest absolute Gasteiger partial charge is 0.343 e. The number of hydrogen-bond acceptors (Lipinski definition) is 2. The molecule has 1 amide bonds. The molecule has 2 aliphatic rings. The Labute approximate surface area is 113 Å². The fraction of sp³-hybridized carbons (Fsp3) is 0.933. The van der Waals surface area contributed by atoms with Crippen LogP contribution in [0.1, 0.15) is 59.3 Å². The SMILES string of the molecule is CC.CCC(=O)N1CCC(N2CCCCC2)CC1. The summed E-state index contributed by atoms with van der Waals surface area (Å²) < 4.78 is 0. The minimum Gasteiger partial charge on any atom is -0.343 e. The zero-order valence-electron chi connectivity index (χ0n) is 12.5. The van der Waals surface area contributed by atoms with E-state index in [4.69, 9.17) is 0 Å². The maximum atomic E-state index is 11.6. The molecule has 106 valence electrons. The first kappa shape index (κ1) is 15.5. The molecule has 0 unspecified atom stereocenters. The van der Waals surface area contributed by atoms with E-state index >= 15 is 0 Å². The van der Waals surface area contributed by atoms with Gasteiger partial charge in [-0.05, 0) is 38.8 Å². The predicted octanol–water partition coefficient (Wildman–Crippen LogP) is 2.90. The smallest absolute Gasteiger partial charge is 0.222 e. The summed E-state index contributed by atoms with van der Waals surface area (Å²) in [4.78, 5) is 16.3. The lowest BCUT2D eigenvalue weighted by Gasteiger charge is -2.40. The van der Waals surface area contributed by atoms with E-state index in [-0.39, 0.29) is 0 Å². The van der Waals surface area contributed by atoms with E-state index in [1.807, 2.05) is 25.7 Å². The van der Waals surface area contributed by atoms with Crippen LogP contribution in [0.15, 0.2) is 0 Å². The average Bonchev–Trinajstić information content (AvgIpc) is 2.49. The summed E-state index contributed by atoms with van der Waals surface area (Å²) in [6.45, 7) is 10.5. The molecule has 2 heterocycles. The van der Waals surface area contributed by atoms with Crippen LogP contribution >= 0.6 is 0 Å². The zero-order valence-corrected chi connectivity index (χ0v) is 12.5. The number of carbonyl (C=O) groups excluding carboxylic acids is 1. The summed E-state index contributed by atoms with van der Waals surface area (Å²) in [5.41, 5.74) is 0. The van der Waals surface area contributed by atoms with Crippen molar-refractivity contribution in [3.05, 3.63) is 0 Å². The van der Waals surface area contributed by atoms with Gasteiger partial charge < -0.3 is 9.80 Å². The normalized spacial score (nSPS) is 22.3. The number of piperidine rings is 2. The lowest BCUT2D eigenvalue weighted by Crippen LogP contribution is -2.48. The highest BCUT2D eigenvalue weighted by molar-refractivity contribution is 5.75. The molecule has 0 atom stereocenters. The molecule has 2 aliphatic heterocycles. The molecule has 2 fully saturated rings. The lowest BCUT2D eigenvalue weighted by molar-refractivity contribution is -0.132. The van der Waals surface area contributed by atoms with Crippen LogP contribution in [0.5, 0.6) is 0 Å². The van der Waals surface area contributed by atoms with Gasteiger partial charge in [0.25, 0.3) is 0 Å². The van der Waals surface area contributed by atoms with Crippen LogP contribution in [0.25, 0.3) is 0 Å². The minimum atomic E-state index is 0.331. The van der Waals surface area contributed by atoms with Gasteiger partial charge in [-0.3, -0.25) is 4.79 Å². The molecule has 0 spiro atoms. The Kier molecular flexibility index (Phi) is 7.33. The van der Waals surface area contributed by atoms with Crippen LogP contribution in [-0.2, 0) is 4.79 Å². The Morgan fingerprint density at radius 3 is 2.06 bits per heavy atom. The van der Waals surface area contributed by atoms with Crippen LogP contribution in [-0.4, -0.2) is 47.9 Å². The first-order valence-electron chi connectivity index (χ1n) is 7.83. The molecule has 0 aliphatic carbocycles. The van der Waals surface area contributed by atoms with Crippen molar-refractivity contribution in [2.45, 2.75) is 65.3 Å². The molecular weight excluding hydrogens is 224 g/mol. The molecule has 18 heavy (non-hydrogen) atoms.